The average molecular weight is 554 g/mol. The molecule has 0 radical (unpaired) electrons. The standard InChI is InChI=1S/C26H18BrClN2O3S/c1-32-18-12-7-15(21(14-18)33-2)13-20-26(31)30(17-10-8-16(27)9-11-17)25(29-20)24-23(28)19-5-3-4-6-22(19)34-24/h3-14H,1-2H3/b20-13+. The van der Waals surface area contributed by atoms with Crippen LogP contribution in [0.2, 0.25) is 5.02 Å². The monoisotopic (exact) mass is 552 g/mol. The van der Waals surface area contributed by atoms with E-state index in [1.165, 1.54) is 11.3 Å². The summed E-state index contributed by atoms with van der Waals surface area (Å²) in [7, 11) is 3.17. The van der Waals surface area contributed by atoms with Crippen molar-refractivity contribution in [2.45, 2.75) is 0 Å². The first-order valence-electron chi connectivity index (χ1n) is 10.3. The molecular weight excluding hydrogens is 536 g/mol. The predicted molar refractivity (Wildman–Crippen MR) is 143 cm³/mol. The largest absolute Gasteiger partial charge is 0.497 e. The smallest absolute Gasteiger partial charge is 0.282 e. The Morgan fingerprint density at radius 2 is 1.79 bits per heavy atom. The number of anilines is 1. The number of aliphatic imine (C=N–C) groups is 1. The van der Waals surface area contributed by atoms with E-state index in [0.717, 1.165) is 25.0 Å². The van der Waals surface area contributed by atoms with Crippen LogP contribution in [0.25, 0.3) is 16.2 Å². The van der Waals surface area contributed by atoms with Crippen molar-refractivity contribution in [3.8, 4) is 11.5 Å². The van der Waals surface area contributed by atoms with Crippen molar-refractivity contribution < 1.29 is 14.3 Å². The summed E-state index contributed by atoms with van der Waals surface area (Å²) in [5.41, 5.74) is 1.70. The Bertz CT molecular complexity index is 1480. The lowest BCUT2D eigenvalue weighted by molar-refractivity contribution is -0.113. The zero-order chi connectivity index (χ0) is 23.8. The van der Waals surface area contributed by atoms with Crippen molar-refractivity contribution in [2.75, 3.05) is 19.1 Å². The molecule has 0 atom stereocenters. The first-order valence-corrected chi connectivity index (χ1v) is 12.3. The number of fused-ring (bicyclic) bond motifs is 1. The van der Waals surface area contributed by atoms with Gasteiger partial charge >= 0.3 is 0 Å². The Hall–Kier alpha value is -3.13. The van der Waals surface area contributed by atoms with Gasteiger partial charge < -0.3 is 9.47 Å². The van der Waals surface area contributed by atoms with Crippen LogP contribution in [0.15, 0.2) is 81.9 Å². The van der Waals surface area contributed by atoms with Crippen molar-refractivity contribution in [3.63, 3.8) is 0 Å². The molecule has 0 bridgehead atoms. The van der Waals surface area contributed by atoms with Crippen LogP contribution >= 0.6 is 38.9 Å². The molecule has 0 unspecified atom stereocenters. The zero-order valence-corrected chi connectivity index (χ0v) is 21.4. The molecule has 5 nitrogen and oxygen atoms in total. The number of amidine groups is 1. The van der Waals surface area contributed by atoms with Gasteiger partial charge in [-0.1, -0.05) is 45.7 Å². The summed E-state index contributed by atoms with van der Waals surface area (Å²) in [5.74, 6) is 1.49. The maximum Gasteiger partial charge on any atom is 0.282 e. The first-order chi connectivity index (χ1) is 16.5. The highest BCUT2D eigenvalue weighted by molar-refractivity contribution is 9.10. The van der Waals surface area contributed by atoms with Crippen LogP contribution in [0, 0.1) is 0 Å². The molecular formula is C26H18BrClN2O3S. The molecule has 170 valence electrons. The molecule has 5 rings (SSSR count). The molecule has 4 aromatic rings. The van der Waals surface area contributed by atoms with Gasteiger partial charge in [-0.05, 0) is 48.5 Å². The Morgan fingerprint density at radius 3 is 2.50 bits per heavy atom. The Labute approximate surface area is 214 Å². The van der Waals surface area contributed by atoms with E-state index in [1.54, 1.807) is 31.3 Å². The van der Waals surface area contributed by atoms with E-state index in [4.69, 9.17) is 26.1 Å². The van der Waals surface area contributed by atoms with E-state index in [0.29, 0.717) is 28.0 Å². The number of carbonyl (C=O) groups excluding carboxylic acids is 1. The Kier molecular flexibility index (Phi) is 6.16. The minimum atomic E-state index is -0.247. The lowest BCUT2D eigenvalue weighted by Gasteiger charge is -2.18. The second-order valence-corrected chi connectivity index (χ2v) is 9.78. The number of hydrogen-bond donors (Lipinski definition) is 0. The second-order valence-electron chi connectivity index (χ2n) is 7.43. The Morgan fingerprint density at radius 1 is 1.03 bits per heavy atom. The fraction of sp³-hybridized carbons (Fsp3) is 0.0769. The van der Waals surface area contributed by atoms with Crippen LogP contribution in [-0.4, -0.2) is 26.0 Å². The molecule has 1 aliphatic heterocycles. The molecule has 1 aliphatic rings. The molecule has 34 heavy (non-hydrogen) atoms. The summed E-state index contributed by atoms with van der Waals surface area (Å²) in [6.07, 6.45) is 1.72. The number of carbonyl (C=O) groups is 1. The highest BCUT2D eigenvalue weighted by Crippen LogP contribution is 2.40. The van der Waals surface area contributed by atoms with Crippen LogP contribution in [-0.2, 0) is 4.79 Å². The summed E-state index contributed by atoms with van der Waals surface area (Å²) in [6.45, 7) is 0. The zero-order valence-electron chi connectivity index (χ0n) is 18.2. The van der Waals surface area contributed by atoms with Gasteiger partial charge in [-0.25, -0.2) is 4.99 Å². The third-order valence-electron chi connectivity index (χ3n) is 5.42. The minimum absolute atomic E-state index is 0.247. The molecule has 0 saturated heterocycles. The van der Waals surface area contributed by atoms with E-state index in [-0.39, 0.29) is 11.6 Å². The number of nitrogens with zero attached hydrogens (tertiary/aromatic N) is 2. The van der Waals surface area contributed by atoms with Gasteiger partial charge in [-0.3, -0.25) is 9.69 Å². The number of hydrogen-bond acceptors (Lipinski definition) is 5. The van der Waals surface area contributed by atoms with Crippen molar-refractivity contribution in [1.82, 2.24) is 0 Å². The number of ether oxygens (including phenoxy) is 2. The summed E-state index contributed by atoms with van der Waals surface area (Å²) >= 11 is 11.8. The van der Waals surface area contributed by atoms with E-state index >= 15 is 0 Å². The van der Waals surface area contributed by atoms with E-state index < -0.39 is 0 Å². The molecule has 0 spiro atoms. The SMILES string of the molecule is COc1ccc(/C=C2/N=C(c3sc4ccccc4c3Cl)N(c3ccc(Br)cc3)C2=O)c(OC)c1. The maximum atomic E-state index is 13.7. The van der Waals surface area contributed by atoms with Gasteiger partial charge in [0.1, 0.15) is 17.2 Å². The minimum Gasteiger partial charge on any atom is -0.497 e. The van der Waals surface area contributed by atoms with E-state index in [2.05, 4.69) is 15.9 Å². The quantitative estimate of drug-likeness (QED) is 0.246. The van der Waals surface area contributed by atoms with Crippen molar-refractivity contribution in [3.05, 3.63) is 92.4 Å². The normalized spacial score (nSPS) is 14.7. The van der Waals surface area contributed by atoms with Crippen molar-refractivity contribution >= 4 is 72.5 Å². The third-order valence-corrected chi connectivity index (χ3v) is 7.62. The number of halogens is 2. The predicted octanol–water partition coefficient (Wildman–Crippen LogP) is 7.17. The molecule has 0 aliphatic carbocycles. The molecule has 8 heteroatoms. The Balaban J connectivity index is 1.68. The van der Waals surface area contributed by atoms with Crippen LogP contribution in [0.5, 0.6) is 11.5 Å². The van der Waals surface area contributed by atoms with Crippen LogP contribution in [0.4, 0.5) is 5.69 Å². The van der Waals surface area contributed by atoms with Crippen molar-refractivity contribution in [1.29, 1.82) is 0 Å². The number of amides is 1. The fourth-order valence-electron chi connectivity index (χ4n) is 3.74. The summed E-state index contributed by atoms with van der Waals surface area (Å²) in [4.78, 5) is 20.8. The van der Waals surface area contributed by atoms with Gasteiger partial charge in [0.25, 0.3) is 5.91 Å². The van der Waals surface area contributed by atoms with E-state index in [9.17, 15) is 4.79 Å². The molecule has 2 heterocycles. The van der Waals surface area contributed by atoms with Gasteiger partial charge in [0, 0.05) is 26.2 Å². The van der Waals surface area contributed by atoms with Crippen LogP contribution in [0.3, 0.4) is 0 Å². The van der Waals surface area contributed by atoms with E-state index in [1.807, 2.05) is 60.7 Å². The topological polar surface area (TPSA) is 51.1 Å². The first kappa shape index (κ1) is 22.7. The van der Waals surface area contributed by atoms with Gasteiger partial charge in [0.05, 0.1) is 29.8 Å². The number of rotatable bonds is 5. The molecule has 0 N–H and O–H groups in total. The van der Waals surface area contributed by atoms with Crippen LogP contribution in [0.1, 0.15) is 10.4 Å². The third kappa shape index (κ3) is 4.00. The van der Waals surface area contributed by atoms with Crippen LogP contribution < -0.4 is 14.4 Å². The van der Waals surface area contributed by atoms with Gasteiger partial charge in [0.2, 0.25) is 0 Å². The molecule has 0 saturated carbocycles. The molecule has 3 aromatic carbocycles. The summed E-state index contributed by atoms with van der Waals surface area (Å²) < 4.78 is 12.7. The number of methoxy groups -OCH3 is 2. The summed E-state index contributed by atoms with van der Waals surface area (Å²) in [5, 5.41) is 1.52. The molecule has 1 aromatic heterocycles. The number of benzene rings is 3. The molecule has 0 fully saturated rings. The summed E-state index contributed by atoms with van der Waals surface area (Å²) in [6, 6.07) is 20.8. The lowest BCUT2D eigenvalue weighted by Crippen LogP contribution is -2.32. The average Bonchev–Trinajstić information content (AvgIpc) is 3.36. The number of thiophene rings is 1. The highest BCUT2D eigenvalue weighted by atomic mass is 79.9. The lowest BCUT2D eigenvalue weighted by atomic mass is 10.1. The maximum absolute atomic E-state index is 13.7. The fourth-order valence-corrected chi connectivity index (χ4v) is 5.50. The van der Waals surface area contributed by atoms with Crippen molar-refractivity contribution in [2.24, 2.45) is 4.99 Å². The second kappa shape index (κ2) is 9.25. The molecule has 1 amide bonds. The highest BCUT2D eigenvalue weighted by Gasteiger charge is 2.35. The van der Waals surface area contributed by atoms with Gasteiger partial charge in [0.15, 0.2) is 5.84 Å². The van der Waals surface area contributed by atoms with Gasteiger partial charge in [-0.15, -0.1) is 11.3 Å². The van der Waals surface area contributed by atoms with Gasteiger partial charge in [-0.2, -0.15) is 0 Å².